The Bertz CT molecular complexity index is 1790. The predicted octanol–water partition coefficient (Wildman–Crippen LogP) is 1.98. The van der Waals surface area contributed by atoms with Crippen LogP contribution in [0.2, 0.25) is 0 Å². The molecule has 0 saturated carbocycles. The SMILES string of the molecule is COC(=O)[C@@]1(OC[C@H]2OC(OC(C)=O)[C@H](NC(C)=O)[C@@H](OCc3ccccc3)[C@@H]2OCc2ccccc2)C[C@@H](OC(C)=O)[C@@H](OC(C)=O)[C@@H]([C@@H](COC(C)=O)OC(C)=O)O1. The Morgan fingerprint density at radius 1 is 0.717 bits per heavy atom. The second-order valence-corrected chi connectivity index (χ2v) is 13.9. The normalized spacial score (nSPS) is 26.6. The van der Waals surface area contributed by atoms with Crippen LogP contribution in [0.1, 0.15) is 59.1 Å². The molecule has 60 heavy (non-hydrogen) atoms. The summed E-state index contributed by atoms with van der Waals surface area (Å²) in [6.45, 7) is 5.39. The van der Waals surface area contributed by atoms with Gasteiger partial charge in [0.15, 0.2) is 12.2 Å². The van der Waals surface area contributed by atoms with Gasteiger partial charge in [-0.15, -0.1) is 0 Å². The number of rotatable bonds is 18. The van der Waals surface area contributed by atoms with E-state index in [1.54, 1.807) is 12.1 Å². The van der Waals surface area contributed by atoms with E-state index in [0.29, 0.717) is 0 Å². The summed E-state index contributed by atoms with van der Waals surface area (Å²) in [5, 5.41) is 2.76. The minimum absolute atomic E-state index is 0.00548. The van der Waals surface area contributed by atoms with Gasteiger partial charge in [-0.1, -0.05) is 60.7 Å². The fourth-order valence-electron chi connectivity index (χ4n) is 6.76. The minimum Gasteiger partial charge on any atom is -0.465 e. The third-order valence-electron chi connectivity index (χ3n) is 9.09. The van der Waals surface area contributed by atoms with E-state index in [2.05, 4.69) is 5.32 Å². The fraction of sp³-hybridized carbons (Fsp3) is 0.537. The number of hydrogen-bond donors (Lipinski definition) is 1. The first-order valence-electron chi connectivity index (χ1n) is 19.0. The highest BCUT2D eigenvalue weighted by Crippen LogP contribution is 2.39. The highest BCUT2D eigenvalue weighted by molar-refractivity contribution is 5.78. The summed E-state index contributed by atoms with van der Waals surface area (Å²) in [7, 11) is 1.03. The summed E-state index contributed by atoms with van der Waals surface area (Å²) < 4.78 is 64.3. The van der Waals surface area contributed by atoms with Crippen molar-refractivity contribution < 1.29 is 85.7 Å². The molecular formula is C41H51NO18. The van der Waals surface area contributed by atoms with E-state index >= 15 is 0 Å². The van der Waals surface area contributed by atoms with E-state index in [-0.39, 0.29) is 13.2 Å². The minimum atomic E-state index is -2.55. The second kappa shape index (κ2) is 22.2. The first-order valence-corrected chi connectivity index (χ1v) is 19.0. The number of carbonyl (C=O) groups is 7. The Kier molecular flexibility index (Phi) is 17.5. The van der Waals surface area contributed by atoms with Crippen molar-refractivity contribution in [2.75, 3.05) is 20.3 Å². The molecule has 2 aliphatic heterocycles. The molecule has 0 bridgehead atoms. The topological polar surface area (TPSA) is 233 Å². The maximum atomic E-state index is 14.0. The zero-order valence-corrected chi connectivity index (χ0v) is 34.4. The maximum Gasteiger partial charge on any atom is 0.366 e. The molecule has 0 aromatic heterocycles. The van der Waals surface area contributed by atoms with E-state index in [9.17, 15) is 33.6 Å². The lowest BCUT2D eigenvalue weighted by molar-refractivity contribution is -0.342. The van der Waals surface area contributed by atoms with Crippen LogP contribution in [0.25, 0.3) is 0 Å². The number of carbonyl (C=O) groups excluding carboxylic acids is 7. The number of ether oxygens (including phenoxy) is 11. The van der Waals surface area contributed by atoms with Gasteiger partial charge in [0.25, 0.3) is 5.79 Å². The summed E-state index contributed by atoms with van der Waals surface area (Å²) >= 11 is 0. The van der Waals surface area contributed by atoms with Crippen molar-refractivity contribution in [3.8, 4) is 0 Å². The Hall–Kier alpha value is -5.47. The molecule has 19 heteroatoms. The van der Waals surface area contributed by atoms with Gasteiger partial charge in [-0.05, 0) is 11.1 Å². The van der Waals surface area contributed by atoms with Crippen molar-refractivity contribution in [2.24, 2.45) is 0 Å². The molecule has 0 radical (unpaired) electrons. The average Bonchev–Trinajstić information content (AvgIpc) is 3.18. The summed E-state index contributed by atoms with van der Waals surface area (Å²) in [5.41, 5.74) is 1.50. The van der Waals surface area contributed by atoms with Crippen LogP contribution in [-0.2, 0) is 98.9 Å². The highest BCUT2D eigenvalue weighted by Gasteiger charge is 2.60. The molecule has 2 aromatic carbocycles. The van der Waals surface area contributed by atoms with Gasteiger partial charge in [0, 0.05) is 41.5 Å². The molecule has 2 fully saturated rings. The van der Waals surface area contributed by atoms with Gasteiger partial charge < -0.3 is 57.4 Å². The average molecular weight is 846 g/mol. The van der Waals surface area contributed by atoms with Crippen LogP contribution in [0.3, 0.4) is 0 Å². The van der Waals surface area contributed by atoms with Gasteiger partial charge in [0.2, 0.25) is 12.2 Å². The molecule has 2 aliphatic rings. The lowest BCUT2D eigenvalue weighted by Gasteiger charge is -2.48. The quantitative estimate of drug-likeness (QED) is 0.167. The molecule has 0 aliphatic carbocycles. The Balaban J connectivity index is 1.82. The van der Waals surface area contributed by atoms with E-state index < -0.39 is 122 Å². The van der Waals surface area contributed by atoms with E-state index in [1.807, 2.05) is 48.5 Å². The maximum absolute atomic E-state index is 14.0. The number of amides is 1. The molecule has 10 atom stereocenters. The zero-order valence-electron chi connectivity index (χ0n) is 34.4. The summed E-state index contributed by atoms with van der Waals surface area (Å²) in [4.78, 5) is 88.2. The van der Waals surface area contributed by atoms with E-state index in [4.69, 9.17) is 52.1 Å². The predicted molar refractivity (Wildman–Crippen MR) is 202 cm³/mol. The molecular weight excluding hydrogens is 794 g/mol. The van der Waals surface area contributed by atoms with Crippen molar-refractivity contribution in [1.29, 1.82) is 0 Å². The standard InChI is InChI=1S/C41H51NO18/c1-23(43)42-34-38(53-20-30-16-12-9-13-17-30)35(52-19-29-14-10-8-11-15-29)33(59-39(34)58-28(6)48)22-54-41(40(49)50-7)18-31(55-25(3)45)36(57-27(5)47)37(60-41)32(56-26(4)46)21-51-24(2)44/h8-17,31-39H,18-22H2,1-7H3,(H,42,43)/t31-,32-,33-,34-,35-,36-,37-,38-,39?,41-/m1/s1. The van der Waals surface area contributed by atoms with Crippen LogP contribution in [0.15, 0.2) is 60.7 Å². The summed E-state index contributed by atoms with van der Waals surface area (Å²) in [6.07, 6.45) is -12.1. The molecule has 328 valence electrons. The molecule has 2 aromatic rings. The van der Waals surface area contributed by atoms with Crippen LogP contribution in [0, 0.1) is 0 Å². The third kappa shape index (κ3) is 13.5. The van der Waals surface area contributed by atoms with Crippen molar-refractivity contribution in [3.63, 3.8) is 0 Å². The Labute approximate surface area is 346 Å². The van der Waals surface area contributed by atoms with Crippen molar-refractivity contribution in [3.05, 3.63) is 71.8 Å². The third-order valence-corrected chi connectivity index (χ3v) is 9.09. The second-order valence-electron chi connectivity index (χ2n) is 13.9. The number of nitrogens with one attached hydrogen (secondary N) is 1. The summed E-state index contributed by atoms with van der Waals surface area (Å²) in [6, 6.07) is 17.0. The van der Waals surface area contributed by atoms with Gasteiger partial charge >= 0.3 is 35.8 Å². The molecule has 2 heterocycles. The van der Waals surface area contributed by atoms with Gasteiger partial charge in [0.1, 0.15) is 43.2 Å². The Morgan fingerprint density at radius 3 is 1.78 bits per heavy atom. The number of esters is 6. The Morgan fingerprint density at radius 2 is 1.28 bits per heavy atom. The highest BCUT2D eigenvalue weighted by atomic mass is 16.8. The van der Waals surface area contributed by atoms with E-state index in [1.165, 1.54) is 6.92 Å². The lowest BCUT2D eigenvalue weighted by Crippen LogP contribution is -2.68. The van der Waals surface area contributed by atoms with Crippen molar-refractivity contribution in [2.45, 2.75) is 122 Å². The summed E-state index contributed by atoms with van der Waals surface area (Å²) in [5.74, 6) is -8.39. The number of methoxy groups -OCH3 is 1. The van der Waals surface area contributed by atoms with Gasteiger partial charge in [0.05, 0.1) is 33.4 Å². The molecule has 19 nitrogen and oxygen atoms in total. The molecule has 1 amide bonds. The number of benzene rings is 2. The van der Waals surface area contributed by atoms with Crippen LogP contribution in [-0.4, -0.2) is 123 Å². The molecule has 1 N–H and O–H groups in total. The first-order chi connectivity index (χ1) is 28.5. The molecule has 2 saturated heterocycles. The zero-order chi connectivity index (χ0) is 44.0. The molecule has 1 unspecified atom stereocenters. The number of hydrogen-bond acceptors (Lipinski definition) is 18. The van der Waals surface area contributed by atoms with E-state index in [0.717, 1.165) is 52.9 Å². The molecule has 4 rings (SSSR count). The largest absolute Gasteiger partial charge is 0.465 e. The van der Waals surface area contributed by atoms with Crippen molar-refractivity contribution in [1.82, 2.24) is 5.32 Å². The first kappa shape index (κ1) is 47.2. The van der Waals surface area contributed by atoms with Crippen molar-refractivity contribution >= 4 is 41.7 Å². The van der Waals surface area contributed by atoms with Crippen LogP contribution >= 0.6 is 0 Å². The van der Waals surface area contributed by atoms with Gasteiger partial charge in [-0.2, -0.15) is 0 Å². The lowest BCUT2D eigenvalue weighted by atomic mass is 9.91. The fourth-order valence-corrected chi connectivity index (χ4v) is 6.76. The van der Waals surface area contributed by atoms with Crippen LogP contribution in [0.4, 0.5) is 0 Å². The van der Waals surface area contributed by atoms with Crippen LogP contribution < -0.4 is 5.32 Å². The monoisotopic (exact) mass is 845 g/mol. The van der Waals surface area contributed by atoms with Gasteiger partial charge in [-0.25, -0.2) is 4.79 Å². The molecule has 0 spiro atoms. The van der Waals surface area contributed by atoms with Crippen LogP contribution in [0.5, 0.6) is 0 Å². The van der Waals surface area contributed by atoms with Gasteiger partial charge in [-0.3, -0.25) is 28.8 Å². The smallest absolute Gasteiger partial charge is 0.366 e.